The third-order valence-electron chi connectivity index (χ3n) is 11.0. The van der Waals surface area contributed by atoms with Crippen LogP contribution in [0.1, 0.15) is 27.0 Å². The Labute approximate surface area is 354 Å². The molecular formula is C39H43NO21S. The molecule has 3 aromatic rings. The van der Waals surface area contributed by atoms with Crippen molar-refractivity contribution in [1.29, 1.82) is 0 Å². The number of hydrogen-bond donors (Lipinski definition) is 14. The summed E-state index contributed by atoms with van der Waals surface area (Å²) in [5.41, 5.74) is -1.17. The molecule has 15 atom stereocenters. The van der Waals surface area contributed by atoms with Gasteiger partial charge in [-0.1, -0.05) is 30.4 Å². The van der Waals surface area contributed by atoms with Gasteiger partial charge >= 0.3 is 5.97 Å². The van der Waals surface area contributed by atoms with Crippen molar-refractivity contribution < 1.29 is 104 Å². The van der Waals surface area contributed by atoms with Crippen LogP contribution in [0.3, 0.4) is 0 Å². The molecule has 0 bridgehead atoms. The summed E-state index contributed by atoms with van der Waals surface area (Å²) in [5.74, 6) is -2.79. The Hall–Kier alpha value is -4.51. The van der Waals surface area contributed by atoms with Gasteiger partial charge in [0, 0.05) is 29.3 Å². The molecule has 4 aliphatic rings. The molecule has 3 aromatic carbocycles. The molecule has 23 heteroatoms. The summed E-state index contributed by atoms with van der Waals surface area (Å²) in [6, 6.07) is 12.7. The molecule has 2 saturated heterocycles. The summed E-state index contributed by atoms with van der Waals surface area (Å²) in [6.07, 6.45) is -26.9. The van der Waals surface area contributed by atoms with Crippen molar-refractivity contribution in [3.63, 3.8) is 0 Å². The molecule has 0 amide bonds. The van der Waals surface area contributed by atoms with E-state index < -0.39 is 134 Å². The van der Waals surface area contributed by atoms with Crippen LogP contribution in [0.15, 0.2) is 54.6 Å². The fraction of sp³-hybridized carbons (Fsp3) is 0.462. The van der Waals surface area contributed by atoms with Crippen molar-refractivity contribution in [2.45, 2.75) is 91.4 Å². The number of fused-ring (bicyclic) bond motifs is 6. The van der Waals surface area contributed by atoms with E-state index >= 15 is 0 Å². The number of anilines is 1. The van der Waals surface area contributed by atoms with Crippen LogP contribution < -0.4 is 10.1 Å². The zero-order chi connectivity index (χ0) is 44.9. The Morgan fingerprint density at radius 1 is 0.758 bits per heavy atom. The number of hydrogen-bond acceptors (Lipinski definition) is 22. The molecular weight excluding hydrogens is 850 g/mol. The molecule has 62 heavy (non-hydrogen) atoms. The van der Waals surface area contributed by atoms with Gasteiger partial charge in [-0.05, 0) is 18.2 Å². The third kappa shape index (κ3) is 8.11. The summed E-state index contributed by atoms with van der Waals surface area (Å²) in [7, 11) is 0. The second kappa shape index (κ2) is 17.9. The van der Waals surface area contributed by atoms with Crippen LogP contribution in [0.2, 0.25) is 0 Å². The second-order valence-corrected chi connectivity index (χ2v) is 15.4. The fourth-order valence-corrected chi connectivity index (χ4v) is 7.88. The van der Waals surface area contributed by atoms with Gasteiger partial charge in [0.15, 0.2) is 18.2 Å². The minimum absolute atomic E-state index is 0.0389. The lowest BCUT2D eigenvalue weighted by molar-refractivity contribution is -0.333. The number of ketones is 1. The van der Waals surface area contributed by atoms with Crippen LogP contribution in [-0.4, -0.2) is 189 Å². The number of ether oxygens (including phenoxy) is 6. The van der Waals surface area contributed by atoms with Gasteiger partial charge in [0.25, 0.3) is 0 Å². The van der Waals surface area contributed by atoms with Crippen LogP contribution >= 0.6 is 12.2 Å². The molecule has 4 heterocycles. The van der Waals surface area contributed by atoms with Crippen LogP contribution in [0, 0.1) is 0 Å². The highest BCUT2D eigenvalue weighted by Gasteiger charge is 2.55. The Balaban J connectivity index is 1.01. The predicted molar refractivity (Wildman–Crippen MR) is 206 cm³/mol. The van der Waals surface area contributed by atoms with Crippen molar-refractivity contribution in [3.05, 3.63) is 76.9 Å². The first kappa shape index (κ1) is 45.5. The van der Waals surface area contributed by atoms with Crippen molar-refractivity contribution >= 4 is 34.6 Å². The normalized spacial score (nSPS) is 32.0. The third-order valence-corrected chi connectivity index (χ3v) is 11.3. The molecule has 0 aliphatic carbocycles. The molecule has 4 aliphatic heterocycles. The molecule has 1 unspecified atom stereocenters. The van der Waals surface area contributed by atoms with E-state index in [1.807, 2.05) is 0 Å². The SMILES string of the molecule is O=C1OC2(c3ccc(O)cc3Oc3cc(O)cc(NC(=S)C(=O)[C@H](O)[C@@H](O)[C@H](O)[C@H](O)CO[C@H]4O[C@H](CO[C@H]5O[C@H](CO)[C@@H](O)[C@H](O)[C@H]5O)[C@@H](O)[C@H](O)[C@H]4O)c32)c2ccccc21. The largest absolute Gasteiger partial charge is 0.508 e. The summed E-state index contributed by atoms with van der Waals surface area (Å²) >= 11 is 5.27. The topological polar surface area (TPSA) is 365 Å². The van der Waals surface area contributed by atoms with Crippen LogP contribution in [0.25, 0.3) is 0 Å². The molecule has 0 aromatic heterocycles. The maximum absolute atomic E-state index is 13.5. The van der Waals surface area contributed by atoms with E-state index in [0.29, 0.717) is 5.56 Å². The lowest BCUT2D eigenvalue weighted by Gasteiger charge is -2.42. The molecule has 2 fully saturated rings. The average molecular weight is 894 g/mol. The van der Waals surface area contributed by atoms with Crippen LogP contribution in [0.4, 0.5) is 5.69 Å². The van der Waals surface area contributed by atoms with E-state index in [2.05, 4.69) is 5.32 Å². The van der Waals surface area contributed by atoms with E-state index in [1.165, 1.54) is 30.3 Å². The number of aliphatic hydroxyl groups is 11. The highest BCUT2D eigenvalue weighted by atomic mass is 32.1. The number of carbonyl (C=O) groups is 2. The Kier molecular flexibility index (Phi) is 13.2. The van der Waals surface area contributed by atoms with Crippen LogP contribution in [-0.2, 0) is 34.1 Å². The summed E-state index contributed by atoms with van der Waals surface area (Å²) in [6.45, 7) is -2.46. The number of esters is 1. The van der Waals surface area contributed by atoms with Gasteiger partial charge in [0.1, 0.15) is 101 Å². The van der Waals surface area contributed by atoms with Crippen molar-refractivity contribution in [2.75, 3.05) is 25.1 Å². The smallest absolute Gasteiger partial charge is 0.340 e. The number of Topliss-reactive ketones (excluding diaryl/α,β-unsaturated/α-hetero) is 1. The summed E-state index contributed by atoms with van der Waals surface area (Å²) in [5, 5.41) is 138. The first-order chi connectivity index (χ1) is 29.4. The Bertz CT molecular complexity index is 2180. The van der Waals surface area contributed by atoms with E-state index in [9.17, 15) is 76.0 Å². The number of benzene rings is 3. The number of phenols is 2. The van der Waals surface area contributed by atoms with Crippen molar-refractivity contribution in [1.82, 2.24) is 0 Å². The van der Waals surface area contributed by atoms with Gasteiger partial charge in [-0.3, -0.25) is 4.79 Å². The number of carbonyl (C=O) groups excluding carboxylic acids is 2. The number of rotatable bonds is 13. The van der Waals surface area contributed by atoms with Gasteiger partial charge in [-0.2, -0.15) is 0 Å². The van der Waals surface area contributed by atoms with Gasteiger partial charge < -0.3 is 100 Å². The predicted octanol–water partition coefficient (Wildman–Crippen LogP) is -3.94. The minimum atomic E-state index is -2.52. The summed E-state index contributed by atoms with van der Waals surface area (Å²) < 4.78 is 33.4. The van der Waals surface area contributed by atoms with Crippen molar-refractivity contribution in [2.24, 2.45) is 0 Å². The first-order valence-electron chi connectivity index (χ1n) is 18.9. The standard InChI is InChI=1S/C39H43NO21S/c41-10-22-26(46)29(49)33(53)38(59-22)57-12-23-27(47)30(50)34(54)37(60-23)56-11-19(44)25(45)28(48)31(51)32(52)35(62)40-18-7-14(43)9-21-24(18)39(17-6-5-13(42)8-20(17)58-21)16-4-2-1-3-15(16)36(55)61-39/h1-9,19,22-23,25-31,33-34,37-38,41-51,53-54H,10-12H2,(H,40,62)/t19-,22-,23-,25-,26-,27-,28+,29+,30+,31-,33-,34-,37+,38+,39?/m1/s1. The summed E-state index contributed by atoms with van der Waals surface area (Å²) in [4.78, 5) is 25.9. The first-order valence-corrected chi connectivity index (χ1v) is 19.3. The molecule has 14 N–H and O–H groups in total. The van der Waals surface area contributed by atoms with Gasteiger partial charge in [-0.25, -0.2) is 4.79 Å². The molecule has 336 valence electrons. The second-order valence-electron chi connectivity index (χ2n) is 15.0. The molecule has 22 nitrogen and oxygen atoms in total. The van der Waals surface area contributed by atoms with Crippen molar-refractivity contribution in [3.8, 4) is 23.0 Å². The van der Waals surface area contributed by atoms with Crippen LogP contribution in [0.5, 0.6) is 23.0 Å². The quantitative estimate of drug-likeness (QED) is 0.0575. The van der Waals surface area contributed by atoms with Gasteiger partial charge in [0.05, 0.1) is 36.6 Å². The average Bonchev–Trinajstić information content (AvgIpc) is 3.54. The van der Waals surface area contributed by atoms with E-state index in [0.717, 1.165) is 6.07 Å². The number of aliphatic hydroxyl groups excluding tert-OH is 11. The molecule has 0 saturated carbocycles. The highest BCUT2D eigenvalue weighted by Crippen LogP contribution is 2.59. The van der Waals surface area contributed by atoms with Gasteiger partial charge in [-0.15, -0.1) is 0 Å². The zero-order valence-electron chi connectivity index (χ0n) is 31.9. The highest BCUT2D eigenvalue weighted by molar-refractivity contribution is 7.82. The van der Waals surface area contributed by atoms with E-state index in [4.69, 9.17) is 40.6 Å². The lowest BCUT2D eigenvalue weighted by Crippen LogP contribution is -2.62. The maximum atomic E-state index is 13.5. The van der Waals surface area contributed by atoms with E-state index in [-0.39, 0.29) is 39.6 Å². The lowest BCUT2D eigenvalue weighted by atomic mass is 9.77. The van der Waals surface area contributed by atoms with E-state index in [1.54, 1.807) is 18.2 Å². The number of aromatic hydroxyl groups is 2. The molecule has 7 rings (SSSR count). The fourth-order valence-electron chi connectivity index (χ4n) is 7.65. The Morgan fingerprint density at radius 2 is 1.39 bits per heavy atom. The number of phenolic OH excluding ortho intramolecular Hbond substituents is 2. The zero-order valence-corrected chi connectivity index (χ0v) is 32.7. The number of nitrogens with one attached hydrogen (secondary N) is 1. The molecule has 1 spiro atoms. The molecule has 0 radical (unpaired) electrons. The van der Waals surface area contributed by atoms with Gasteiger partial charge in [0.2, 0.25) is 5.78 Å². The monoisotopic (exact) mass is 893 g/mol. The minimum Gasteiger partial charge on any atom is -0.508 e. The number of thiocarbonyl (C=S) groups is 1. The maximum Gasteiger partial charge on any atom is 0.340 e. The Morgan fingerprint density at radius 3 is 2.08 bits per heavy atom.